The third kappa shape index (κ3) is 5.17. The molecule has 1 unspecified atom stereocenters. The molecule has 0 bridgehead atoms. The quantitative estimate of drug-likeness (QED) is 0.685. The number of benzene rings is 2. The van der Waals surface area contributed by atoms with Gasteiger partial charge in [0.25, 0.3) is 5.91 Å². The van der Waals surface area contributed by atoms with Crippen LogP contribution in [0.3, 0.4) is 0 Å². The van der Waals surface area contributed by atoms with E-state index in [0.717, 1.165) is 18.4 Å². The highest BCUT2D eigenvalue weighted by molar-refractivity contribution is 7.89. The molecule has 0 radical (unpaired) electrons. The summed E-state index contributed by atoms with van der Waals surface area (Å²) in [4.78, 5) is 15.2. The summed E-state index contributed by atoms with van der Waals surface area (Å²) in [6, 6.07) is 12.3. The van der Waals surface area contributed by atoms with Crippen molar-refractivity contribution in [1.29, 1.82) is 0 Å². The molecular formula is C23H28FN3O4S. The minimum absolute atomic E-state index is 0.127. The van der Waals surface area contributed by atoms with Crippen molar-refractivity contribution in [1.82, 2.24) is 14.5 Å². The molecule has 2 heterocycles. The molecule has 2 aliphatic rings. The molecule has 2 aliphatic heterocycles. The Kier molecular flexibility index (Phi) is 7.20. The summed E-state index contributed by atoms with van der Waals surface area (Å²) < 4.78 is 46.4. The van der Waals surface area contributed by atoms with Gasteiger partial charge in [0.1, 0.15) is 5.82 Å². The second-order valence-corrected chi connectivity index (χ2v) is 10.0. The van der Waals surface area contributed by atoms with E-state index >= 15 is 0 Å². The van der Waals surface area contributed by atoms with E-state index in [0.29, 0.717) is 39.4 Å². The Balaban J connectivity index is 1.49. The zero-order valence-electron chi connectivity index (χ0n) is 17.9. The van der Waals surface area contributed by atoms with Gasteiger partial charge in [-0.1, -0.05) is 18.2 Å². The van der Waals surface area contributed by atoms with Gasteiger partial charge in [-0.15, -0.1) is 0 Å². The molecule has 7 nitrogen and oxygen atoms in total. The molecule has 0 aromatic heterocycles. The Bertz CT molecular complexity index is 1050. The van der Waals surface area contributed by atoms with Crippen LogP contribution in [0.5, 0.6) is 0 Å². The third-order valence-electron chi connectivity index (χ3n) is 5.97. The number of carbonyl (C=O) groups is 1. The molecule has 2 aromatic carbocycles. The van der Waals surface area contributed by atoms with Crippen molar-refractivity contribution < 1.29 is 22.3 Å². The van der Waals surface area contributed by atoms with Crippen molar-refractivity contribution in [3.8, 4) is 0 Å². The number of morpholine rings is 1. The van der Waals surface area contributed by atoms with Crippen molar-refractivity contribution in [3.05, 3.63) is 65.5 Å². The maximum absolute atomic E-state index is 13.9. The molecule has 172 valence electrons. The fourth-order valence-corrected chi connectivity index (χ4v) is 5.79. The largest absolute Gasteiger partial charge is 0.379 e. The van der Waals surface area contributed by atoms with Crippen LogP contribution in [-0.2, 0) is 14.8 Å². The lowest BCUT2D eigenvalue weighted by Crippen LogP contribution is -2.43. The van der Waals surface area contributed by atoms with Crippen molar-refractivity contribution in [3.63, 3.8) is 0 Å². The standard InChI is InChI=1S/C23H28FN3O4S/c24-20-7-3-5-18(15-20)22(26-11-13-31-14-12-26)17-25-23(28)19-6-4-8-21(16-19)32(29,30)27-9-1-2-10-27/h3-8,15-16,22H,1-2,9-14,17H2,(H,25,28). The Hall–Kier alpha value is -2.33. The van der Waals surface area contributed by atoms with Gasteiger partial charge >= 0.3 is 0 Å². The van der Waals surface area contributed by atoms with Crippen molar-refractivity contribution in [2.45, 2.75) is 23.8 Å². The van der Waals surface area contributed by atoms with Gasteiger partial charge in [-0.3, -0.25) is 9.69 Å². The molecule has 32 heavy (non-hydrogen) atoms. The lowest BCUT2D eigenvalue weighted by molar-refractivity contribution is 0.0162. The van der Waals surface area contributed by atoms with E-state index in [1.807, 2.05) is 6.07 Å². The first-order valence-corrected chi connectivity index (χ1v) is 12.3. The molecule has 1 amide bonds. The van der Waals surface area contributed by atoms with E-state index < -0.39 is 10.0 Å². The Morgan fingerprint density at radius 3 is 2.47 bits per heavy atom. The summed E-state index contributed by atoms with van der Waals surface area (Å²) in [7, 11) is -3.60. The van der Waals surface area contributed by atoms with Crippen LogP contribution in [0.25, 0.3) is 0 Å². The molecule has 0 aliphatic carbocycles. The van der Waals surface area contributed by atoms with Crippen LogP contribution in [0.2, 0.25) is 0 Å². The highest BCUT2D eigenvalue weighted by Crippen LogP contribution is 2.24. The lowest BCUT2D eigenvalue weighted by atomic mass is 10.0. The van der Waals surface area contributed by atoms with Gasteiger partial charge < -0.3 is 10.1 Å². The van der Waals surface area contributed by atoms with Gasteiger partial charge in [0, 0.05) is 38.3 Å². The number of sulfonamides is 1. The van der Waals surface area contributed by atoms with Gasteiger partial charge in [0.2, 0.25) is 10.0 Å². The predicted octanol–water partition coefficient (Wildman–Crippen LogP) is 2.41. The van der Waals surface area contributed by atoms with E-state index in [2.05, 4.69) is 10.2 Å². The van der Waals surface area contributed by atoms with E-state index in [1.165, 1.54) is 28.6 Å². The van der Waals surface area contributed by atoms with E-state index in [1.54, 1.807) is 18.2 Å². The minimum atomic E-state index is -3.60. The number of ether oxygens (including phenoxy) is 1. The highest BCUT2D eigenvalue weighted by atomic mass is 32.2. The van der Waals surface area contributed by atoms with Gasteiger partial charge in [-0.05, 0) is 48.7 Å². The van der Waals surface area contributed by atoms with E-state index in [4.69, 9.17) is 4.74 Å². The minimum Gasteiger partial charge on any atom is -0.379 e. The summed E-state index contributed by atoms with van der Waals surface area (Å²) in [5.41, 5.74) is 1.06. The first kappa shape index (κ1) is 22.8. The smallest absolute Gasteiger partial charge is 0.251 e. The average molecular weight is 462 g/mol. The number of amides is 1. The number of halogens is 1. The SMILES string of the molecule is O=C(NCC(c1cccc(F)c1)N1CCOCC1)c1cccc(S(=O)(=O)N2CCCC2)c1. The number of nitrogens with one attached hydrogen (secondary N) is 1. The Morgan fingerprint density at radius 2 is 1.75 bits per heavy atom. The molecule has 9 heteroatoms. The van der Waals surface area contributed by atoms with Gasteiger partial charge in [0.05, 0.1) is 24.2 Å². The zero-order chi connectivity index (χ0) is 22.6. The van der Waals surface area contributed by atoms with Crippen LogP contribution >= 0.6 is 0 Å². The second-order valence-electron chi connectivity index (χ2n) is 8.07. The monoisotopic (exact) mass is 461 g/mol. The molecule has 0 saturated carbocycles. The fourth-order valence-electron chi connectivity index (χ4n) is 4.23. The Morgan fingerprint density at radius 1 is 1.03 bits per heavy atom. The van der Waals surface area contributed by atoms with Crippen LogP contribution in [0.15, 0.2) is 53.4 Å². The summed E-state index contributed by atoms with van der Waals surface area (Å²) in [6.07, 6.45) is 1.70. The average Bonchev–Trinajstić information content (AvgIpc) is 3.36. The maximum Gasteiger partial charge on any atom is 0.251 e. The molecule has 2 aromatic rings. The molecule has 0 spiro atoms. The third-order valence-corrected chi connectivity index (χ3v) is 7.87. The van der Waals surface area contributed by atoms with Crippen molar-refractivity contribution in [2.75, 3.05) is 45.9 Å². The molecule has 4 rings (SSSR count). The van der Waals surface area contributed by atoms with Crippen LogP contribution in [0.1, 0.15) is 34.8 Å². The topological polar surface area (TPSA) is 79.0 Å². The first-order valence-electron chi connectivity index (χ1n) is 10.9. The summed E-state index contributed by atoms with van der Waals surface area (Å²) in [5.74, 6) is -0.690. The molecule has 1 N–H and O–H groups in total. The molecular weight excluding hydrogens is 433 g/mol. The zero-order valence-corrected chi connectivity index (χ0v) is 18.7. The molecule has 2 fully saturated rings. The molecule has 1 atom stereocenters. The second kappa shape index (κ2) is 10.1. The van der Waals surface area contributed by atoms with Crippen molar-refractivity contribution >= 4 is 15.9 Å². The van der Waals surface area contributed by atoms with Crippen LogP contribution < -0.4 is 5.32 Å². The first-order chi connectivity index (χ1) is 15.4. The predicted molar refractivity (Wildman–Crippen MR) is 118 cm³/mol. The van der Waals surface area contributed by atoms with Gasteiger partial charge in [-0.25, -0.2) is 12.8 Å². The van der Waals surface area contributed by atoms with Gasteiger partial charge in [0.15, 0.2) is 0 Å². The van der Waals surface area contributed by atoms with Crippen LogP contribution in [0.4, 0.5) is 4.39 Å². The number of hydrogen-bond donors (Lipinski definition) is 1. The van der Waals surface area contributed by atoms with E-state index in [9.17, 15) is 17.6 Å². The maximum atomic E-state index is 13.9. The van der Waals surface area contributed by atoms with Crippen LogP contribution in [0, 0.1) is 5.82 Å². The Labute approximate surface area is 188 Å². The number of nitrogens with zero attached hydrogens (tertiary/aromatic N) is 2. The number of hydrogen-bond acceptors (Lipinski definition) is 5. The summed E-state index contributed by atoms with van der Waals surface area (Å²) >= 11 is 0. The summed E-state index contributed by atoms with van der Waals surface area (Å²) in [6.45, 7) is 3.81. The number of rotatable bonds is 7. The molecule has 2 saturated heterocycles. The lowest BCUT2D eigenvalue weighted by Gasteiger charge is -2.35. The van der Waals surface area contributed by atoms with Gasteiger partial charge in [-0.2, -0.15) is 4.31 Å². The fraction of sp³-hybridized carbons (Fsp3) is 0.435. The van der Waals surface area contributed by atoms with Crippen LogP contribution in [-0.4, -0.2) is 69.5 Å². The van der Waals surface area contributed by atoms with Crippen molar-refractivity contribution in [2.24, 2.45) is 0 Å². The highest BCUT2D eigenvalue weighted by Gasteiger charge is 2.28. The summed E-state index contributed by atoms with van der Waals surface area (Å²) in [5, 5.41) is 2.91. The number of carbonyl (C=O) groups excluding carboxylic acids is 1. The van der Waals surface area contributed by atoms with E-state index in [-0.39, 0.29) is 34.8 Å². The normalized spacial score (nSPS) is 19.0.